The molecule has 0 aliphatic heterocycles. The number of carbonyl (C=O) groups is 2. The minimum atomic E-state index is -1.61. The molecule has 0 aliphatic carbocycles. The smallest absolute Gasteiger partial charge is 0.431 e. The van der Waals surface area contributed by atoms with Gasteiger partial charge in [-0.1, -0.05) is 23.5 Å². The van der Waals surface area contributed by atoms with Crippen LogP contribution in [0.2, 0.25) is 0 Å². The molecule has 0 radical (unpaired) electrons. The van der Waals surface area contributed by atoms with Gasteiger partial charge in [0.1, 0.15) is 20.8 Å². The molecule has 0 saturated heterocycles. The molecular formula is C18H16N4O5S2. The Bertz CT molecular complexity index is 1040. The Balaban J connectivity index is 1.72. The zero-order chi connectivity index (χ0) is 20.8. The monoisotopic (exact) mass is 432 g/mol. The minimum Gasteiger partial charge on any atom is -0.431 e. The largest absolute Gasteiger partial charge is 0.514 e. The molecule has 0 spiro atoms. The predicted molar refractivity (Wildman–Crippen MR) is 105 cm³/mol. The maximum absolute atomic E-state index is 12.6. The zero-order valence-corrected chi connectivity index (χ0v) is 17.0. The van der Waals surface area contributed by atoms with Crippen molar-refractivity contribution in [2.45, 2.75) is 29.3 Å². The van der Waals surface area contributed by atoms with Gasteiger partial charge in [0.05, 0.1) is 17.9 Å². The summed E-state index contributed by atoms with van der Waals surface area (Å²) in [5.74, 6) is -0.491. The fourth-order valence-corrected chi connectivity index (χ4v) is 4.04. The Kier molecular flexibility index (Phi) is 6.62. The maximum atomic E-state index is 12.6. The van der Waals surface area contributed by atoms with E-state index in [2.05, 4.69) is 20.3 Å². The molecule has 9 nitrogen and oxygen atoms in total. The number of amides is 1. The van der Waals surface area contributed by atoms with Gasteiger partial charge in [-0.2, -0.15) is 0 Å². The summed E-state index contributed by atoms with van der Waals surface area (Å²) in [4.78, 5) is 36.3. The molecule has 1 unspecified atom stereocenters. The van der Waals surface area contributed by atoms with E-state index < -0.39 is 22.9 Å². The van der Waals surface area contributed by atoms with Crippen molar-refractivity contribution in [3.05, 3.63) is 54.5 Å². The van der Waals surface area contributed by atoms with Gasteiger partial charge in [0.15, 0.2) is 5.13 Å². The third-order valence-corrected chi connectivity index (χ3v) is 5.68. The Morgan fingerprint density at radius 1 is 1.10 bits per heavy atom. The Morgan fingerprint density at radius 2 is 1.83 bits per heavy atom. The number of benzene rings is 1. The van der Waals surface area contributed by atoms with Crippen LogP contribution < -0.4 is 10.1 Å². The van der Waals surface area contributed by atoms with Gasteiger partial charge in [0, 0.05) is 12.4 Å². The first kappa shape index (κ1) is 20.6. The van der Waals surface area contributed by atoms with E-state index in [1.807, 2.05) is 0 Å². The summed E-state index contributed by atoms with van der Waals surface area (Å²) >= 11 is 1.03. The number of thiazole rings is 1. The highest BCUT2D eigenvalue weighted by Gasteiger charge is 2.19. The quantitative estimate of drug-likeness (QED) is 0.358. The van der Waals surface area contributed by atoms with E-state index in [1.54, 1.807) is 32.0 Å². The number of rotatable bonds is 6. The number of nitrogens with zero attached hydrogens (tertiary/aromatic N) is 3. The van der Waals surface area contributed by atoms with Gasteiger partial charge in [-0.05, 0) is 32.0 Å². The number of hydrogen-bond acceptors (Lipinski definition) is 9. The highest BCUT2D eigenvalue weighted by atomic mass is 32.2. The van der Waals surface area contributed by atoms with Crippen LogP contribution in [-0.4, -0.2) is 37.3 Å². The van der Waals surface area contributed by atoms with Crippen molar-refractivity contribution in [3.8, 4) is 5.75 Å². The van der Waals surface area contributed by atoms with Gasteiger partial charge in [0.25, 0.3) is 5.91 Å². The van der Waals surface area contributed by atoms with Crippen molar-refractivity contribution >= 4 is 39.3 Å². The maximum Gasteiger partial charge on any atom is 0.514 e. The van der Waals surface area contributed by atoms with Crippen LogP contribution in [0.1, 0.15) is 24.2 Å². The molecule has 2 aromatic heterocycles. The lowest BCUT2D eigenvalue weighted by atomic mass is 10.2. The molecule has 3 rings (SSSR count). The number of hydrogen-bond donors (Lipinski definition) is 1. The van der Waals surface area contributed by atoms with Crippen LogP contribution in [0.15, 0.2) is 58.3 Å². The number of carbonyl (C=O) groups excluding carboxylic acids is 2. The van der Waals surface area contributed by atoms with Gasteiger partial charge in [-0.15, -0.1) is 0 Å². The molecule has 0 fully saturated rings. The summed E-state index contributed by atoms with van der Waals surface area (Å²) < 4.78 is 22.9. The average Bonchev–Trinajstić information content (AvgIpc) is 3.16. The number of para-hydroxylation sites is 1. The van der Waals surface area contributed by atoms with Crippen molar-refractivity contribution in [3.63, 3.8) is 0 Å². The second-order valence-corrected chi connectivity index (χ2v) is 8.38. The van der Waals surface area contributed by atoms with Gasteiger partial charge < -0.3 is 9.47 Å². The molecule has 3 aromatic rings. The first-order valence-corrected chi connectivity index (χ1v) is 10.3. The summed E-state index contributed by atoms with van der Waals surface area (Å²) in [6.45, 7) is 3.37. The van der Waals surface area contributed by atoms with E-state index >= 15 is 0 Å². The van der Waals surface area contributed by atoms with Crippen LogP contribution in [0.25, 0.3) is 0 Å². The molecule has 11 heteroatoms. The molecule has 0 aliphatic rings. The van der Waals surface area contributed by atoms with Gasteiger partial charge >= 0.3 is 6.16 Å². The molecule has 150 valence electrons. The van der Waals surface area contributed by atoms with Crippen LogP contribution in [0.4, 0.5) is 9.93 Å². The van der Waals surface area contributed by atoms with Crippen molar-refractivity contribution in [2.24, 2.45) is 0 Å². The van der Waals surface area contributed by atoms with Gasteiger partial charge in [-0.3, -0.25) is 10.1 Å². The molecule has 1 N–H and O–H groups in total. The fourth-order valence-electron chi connectivity index (χ4n) is 2.09. The molecule has 29 heavy (non-hydrogen) atoms. The Hall–Kier alpha value is -3.18. The van der Waals surface area contributed by atoms with Crippen LogP contribution in [0.5, 0.6) is 5.75 Å². The van der Waals surface area contributed by atoms with Crippen molar-refractivity contribution in [1.29, 1.82) is 0 Å². The second-order valence-electron chi connectivity index (χ2n) is 5.75. The van der Waals surface area contributed by atoms with E-state index in [9.17, 15) is 13.8 Å². The van der Waals surface area contributed by atoms with Crippen LogP contribution in [0, 0.1) is 0 Å². The first-order chi connectivity index (χ1) is 13.9. The third kappa shape index (κ3) is 5.42. The van der Waals surface area contributed by atoms with Crippen LogP contribution >= 0.6 is 11.3 Å². The summed E-state index contributed by atoms with van der Waals surface area (Å²) in [5, 5.41) is 2.98. The second kappa shape index (κ2) is 9.34. The van der Waals surface area contributed by atoms with Crippen molar-refractivity contribution in [2.75, 3.05) is 5.32 Å². The van der Waals surface area contributed by atoms with Crippen LogP contribution in [0.3, 0.4) is 0 Å². The highest BCUT2D eigenvalue weighted by Crippen LogP contribution is 2.26. The molecule has 0 bridgehead atoms. The predicted octanol–water partition coefficient (Wildman–Crippen LogP) is 3.28. The molecule has 1 amide bonds. The normalized spacial score (nSPS) is 11.7. The molecule has 0 saturated carbocycles. The zero-order valence-electron chi connectivity index (χ0n) is 15.4. The van der Waals surface area contributed by atoms with Crippen molar-refractivity contribution < 1.29 is 23.3 Å². The van der Waals surface area contributed by atoms with E-state index in [1.165, 1.54) is 30.7 Å². The summed E-state index contributed by atoms with van der Waals surface area (Å²) in [6.07, 6.45) is 3.10. The number of aromatic nitrogens is 3. The van der Waals surface area contributed by atoms with E-state index in [4.69, 9.17) is 9.47 Å². The standard InChI is InChI=1S/C18H16N4O5S2/c1-11(2)26-18(24)27-13-7-4-3-6-12(13)15(23)22-16-21-10-14(28-16)29(25)17-19-8-5-9-20-17/h3-11H,1-2H3,(H,21,22,23). The topological polar surface area (TPSA) is 120 Å². The SMILES string of the molecule is CC(C)OC(=O)Oc1ccccc1C(=O)Nc1ncc(S(=O)c2ncccn2)s1. The minimum absolute atomic E-state index is 0.0497. The number of nitrogens with one attached hydrogen (secondary N) is 1. The van der Waals surface area contributed by atoms with Crippen LogP contribution in [-0.2, 0) is 15.5 Å². The van der Waals surface area contributed by atoms with Crippen molar-refractivity contribution in [1.82, 2.24) is 15.0 Å². The van der Waals surface area contributed by atoms with Gasteiger partial charge in [0.2, 0.25) is 5.16 Å². The molecular weight excluding hydrogens is 416 g/mol. The lowest BCUT2D eigenvalue weighted by Gasteiger charge is -2.11. The molecule has 1 atom stereocenters. The fraction of sp³-hybridized carbons (Fsp3) is 0.167. The van der Waals surface area contributed by atoms with E-state index in [0.29, 0.717) is 4.21 Å². The molecule has 1 aromatic carbocycles. The van der Waals surface area contributed by atoms with Gasteiger partial charge in [-0.25, -0.2) is 24.0 Å². The third-order valence-electron chi connectivity index (χ3n) is 3.25. The average molecular weight is 432 g/mol. The highest BCUT2D eigenvalue weighted by molar-refractivity contribution is 7.87. The summed E-state index contributed by atoms with van der Waals surface area (Å²) in [5.41, 5.74) is 0.123. The Labute approximate surface area is 172 Å². The number of ether oxygens (including phenoxy) is 2. The summed E-state index contributed by atoms with van der Waals surface area (Å²) in [6, 6.07) is 7.85. The Morgan fingerprint density at radius 3 is 2.55 bits per heavy atom. The number of anilines is 1. The van der Waals surface area contributed by atoms with E-state index in [-0.39, 0.29) is 27.7 Å². The lowest BCUT2D eigenvalue weighted by Crippen LogP contribution is -2.18. The summed E-state index contributed by atoms with van der Waals surface area (Å²) in [7, 11) is -1.61. The first-order valence-electron chi connectivity index (χ1n) is 8.37. The molecule has 2 heterocycles. The van der Waals surface area contributed by atoms with E-state index in [0.717, 1.165) is 11.3 Å². The lowest BCUT2D eigenvalue weighted by molar-refractivity contribution is 0.0725.